The second kappa shape index (κ2) is 5.11. The molecule has 1 aromatic heterocycles. The Morgan fingerprint density at radius 3 is 2.63 bits per heavy atom. The molecule has 0 aliphatic rings. The van der Waals surface area contributed by atoms with E-state index in [4.69, 9.17) is 0 Å². The third-order valence-electron chi connectivity index (χ3n) is 3.38. The number of nitrogens with one attached hydrogen (secondary N) is 1. The van der Waals surface area contributed by atoms with Crippen molar-refractivity contribution in [1.82, 2.24) is 4.98 Å². The minimum atomic E-state index is 0.799. The zero-order valence-corrected chi connectivity index (χ0v) is 10.9. The lowest BCUT2D eigenvalue weighted by molar-refractivity contribution is 1.10. The summed E-state index contributed by atoms with van der Waals surface area (Å²) in [6.45, 7) is 2.93. The molecule has 2 aromatic carbocycles. The van der Waals surface area contributed by atoms with E-state index in [9.17, 15) is 0 Å². The number of hydrogen-bond acceptors (Lipinski definition) is 2. The minimum absolute atomic E-state index is 0.799. The minimum Gasteiger partial charge on any atom is -0.365 e. The standard InChI is InChI=1S/C17H16N2/c1-13-6-2-3-8-15(13)12-19-17-16-9-5-4-7-14(16)10-11-18-17/h2-11H,12H2,1H3,(H,18,19). The van der Waals surface area contributed by atoms with Crippen molar-refractivity contribution in [2.24, 2.45) is 0 Å². The molecule has 19 heavy (non-hydrogen) atoms. The van der Waals surface area contributed by atoms with Crippen LogP contribution >= 0.6 is 0 Å². The molecular weight excluding hydrogens is 232 g/mol. The van der Waals surface area contributed by atoms with Gasteiger partial charge in [-0.2, -0.15) is 0 Å². The summed E-state index contributed by atoms with van der Waals surface area (Å²) in [5.74, 6) is 0.946. The summed E-state index contributed by atoms with van der Waals surface area (Å²) in [5.41, 5.74) is 2.60. The number of pyridine rings is 1. The third-order valence-corrected chi connectivity index (χ3v) is 3.38. The molecule has 3 aromatic rings. The average Bonchev–Trinajstić information content (AvgIpc) is 2.46. The van der Waals surface area contributed by atoms with Crippen LogP contribution in [0.4, 0.5) is 5.82 Å². The van der Waals surface area contributed by atoms with Gasteiger partial charge in [0.2, 0.25) is 0 Å². The molecular formula is C17H16N2. The third kappa shape index (κ3) is 2.43. The van der Waals surface area contributed by atoms with Crippen LogP contribution in [0.3, 0.4) is 0 Å². The van der Waals surface area contributed by atoms with Crippen molar-refractivity contribution in [1.29, 1.82) is 0 Å². The lowest BCUT2D eigenvalue weighted by Crippen LogP contribution is -2.03. The van der Waals surface area contributed by atoms with Crippen LogP contribution in [0.25, 0.3) is 10.8 Å². The van der Waals surface area contributed by atoms with E-state index in [1.54, 1.807) is 0 Å². The van der Waals surface area contributed by atoms with Crippen molar-refractivity contribution in [3.8, 4) is 0 Å². The van der Waals surface area contributed by atoms with Gasteiger partial charge in [-0.1, -0.05) is 48.5 Å². The second-order valence-electron chi connectivity index (χ2n) is 4.66. The van der Waals surface area contributed by atoms with Crippen LogP contribution in [0.2, 0.25) is 0 Å². The largest absolute Gasteiger partial charge is 0.365 e. The molecule has 0 unspecified atom stereocenters. The Bertz CT molecular complexity index is 699. The second-order valence-corrected chi connectivity index (χ2v) is 4.66. The van der Waals surface area contributed by atoms with E-state index in [0.29, 0.717) is 0 Å². The van der Waals surface area contributed by atoms with Gasteiger partial charge in [0.05, 0.1) is 0 Å². The smallest absolute Gasteiger partial charge is 0.134 e. The van der Waals surface area contributed by atoms with Crippen molar-refractivity contribution >= 4 is 16.6 Å². The molecule has 1 N–H and O–H groups in total. The molecule has 0 atom stereocenters. The highest BCUT2D eigenvalue weighted by Gasteiger charge is 2.02. The first-order valence-corrected chi connectivity index (χ1v) is 6.47. The molecule has 0 aliphatic heterocycles. The fourth-order valence-corrected chi connectivity index (χ4v) is 2.25. The first kappa shape index (κ1) is 11.7. The fraction of sp³-hybridized carbons (Fsp3) is 0.118. The van der Waals surface area contributed by atoms with Crippen LogP contribution in [0, 0.1) is 6.92 Å². The highest BCUT2D eigenvalue weighted by atomic mass is 15.0. The molecule has 0 amide bonds. The quantitative estimate of drug-likeness (QED) is 0.753. The van der Waals surface area contributed by atoms with Gasteiger partial charge in [0.25, 0.3) is 0 Å². The molecule has 2 nitrogen and oxygen atoms in total. The van der Waals surface area contributed by atoms with E-state index < -0.39 is 0 Å². The SMILES string of the molecule is Cc1ccccc1CNc1nccc2ccccc12. The van der Waals surface area contributed by atoms with Gasteiger partial charge in [0, 0.05) is 18.1 Å². The zero-order chi connectivity index (χ0) is 13.1. The molecule has 0 bridgehead atoms. The van der Waals surface area contributed by atoms with Gasteiger partial charge < -0.3 is 5.32 Å². The maximum atomic E-state index is 4.44. The van der Waals surface area contributed by atoms with E-state index >= 15 is 0 Å². The number of benzene rings is 2. The summed E-state index contributed by atoms with van der Waals surface area (Å²) >= 11 is 0. The van der Waals surface area contributed by atoms with Gasteiger partial charge in [-0.3, -0.25) is 0 Å². The van der Waals surface area contributed by atoms with Crippen LogP contribution in [-0.2, 0) is 6.54 Å². The first-order chi connectivity index (χ1) is 9.34. The molecule has 3 rings (SSSR count). The molecule has 0 saturated carbocycles. The Morgan fingerprint density at radius 2 is 1.74 bits per heavy atom. The number of aromatic nitrogens is 1. The maximum absolute atomic E-state index is 4.44. The van der Waals surface area contributed by atoms with Crippen molar-refractivity contribution < 1.29 is 0 Å². The van der Waals surface area contributed by atoms with Crippen molar-refractivity contribution in [2.75, 3.05) is 5.32 Å². The first-order valence-electron chi connectivity index (χ1n) is 6.47. The predicted molar refractivity (Wildman–Crippen MR) is 80.2 cm³/mol. The molecule has 1 heterocycles. The lowest BCUT2D eigenvalue weighted by Gasteiger charge is -2.10. The van der Waals surface area contributed by atoms with E-state index in [0.717, 1.165) is 12.4 Å². The van der Waals surface area contributed by atoms with E-state index in [1.807, 2.05) is 24.4 Å². The number of anilines is 1. The summed E-state index contributed by atoms with van der Waals surface area (Å²) < 4.78 is 0. The van der Waals surface area contributed by atoms with Gasteiger partial charge in [-0.25, -0.2) is 4.98 Å². The summed E-state index contributed by atoms with van der Waals surface area (Å²) in [4.78, 5) is 4.44. The van der Waals surface area contributed by atoms with Gasteiger partial charge in [0.15, 0.2) is 0 Å². The Labute approximate surface area is 113 Å². The lowest BCUT2D eigenvalue weighted by atomic mass is 10.1. The maximum Gasteiger partial charge on any atom is 0.134 e. The topological polar surface area (TPSA) is 24.9 Å². The highest BCUT2D eigenvalue weighted by molar-refractivity contribution is 5.91. The van der Waals surface area contributed by atoms with Crippen LogP contribution in [0.15, 0.2) is 60.8 Å². The molecule has 2 heteroatoms. The van der Waals surface area contributed by atoms with Crippen molar-refractivity contribution in [3.05, 3.63) is 71.9 Å². The summed E-state index contributed by atoms with van der Waals surface area (Å²) in [5, 5.41) is 5.81. The molecule has 94 valence electrons. The Balaban J connectivity index is 1.88. The fourth-order valence-electron chi connectivity index (χ4n) is 2.25. The van der Waals surface area contributed by atoms with Crippen LogP contribution < -0.4 is 5.32 Å². The van der Waals surface area contributed by atoms with E-state index in [2.05, 4.69) is 53.6 Å². The Morgan fingerprint density at radius 1 is 0.947 bits per heavy atom. The van der Waals surface area contributed by atoms with Crippen LogP contribution in [0.5, 0.6) is 0 Å². The number of hydrogen-bond donors (Lipinski definition) is 1. The monoisotopic (exact) mass is 248 g/mol. The van der Waals surface area contributed by atoms with Crippen molar-refractivity contribution in [3.63, 3.8) is 0 Å². The number of fused-ring (bicyclic) bond motifs is 1. The normalized spacial score (nSPS) is 10.6. The van der Waals surface area contributed by atoms with Crippen molar-refractivity contribution in [2.45, 2.75) is 13.5 Å². The summed E-state index contributed by atoms with van der Waals surface area (Å²) in [7, 11) is 0. The van der Waals surface area contributed by atoms with Gasteiger partial charge in [0.1, 0.15) is 5.82 Å². The molecule has 0 aliphatic carbocycles. The molecule has 0 radical (unpaired) electrons. The van der Waals surface area contributed by atoms with Gasteiger partial charge >= 0.3 is 0 Å². The van der Waals surface area contributed by atoms with Crippen LogP contribution in [-0.4, -0.2) is 4.98 Å². The average molecular weight is 248 g/mol. The molecule has 0 saturated heterocycles. The number of rotatable bonds is 3. The Kier molecular flexibility index (Phi) is 3.15. The number of nitrogens with zero attached hydrogens (tertiary/aromatic N) is 1. The molecule has 0 spiro atoms. The highest BCUT2D eigenvalue weighted by Crippen LogP contribution is 2.21. The molecule has 0 fully saturated rings. The van der Waals surface area contributed by atoms with E-state index in [1.165, 1.54) is 21.9 Å². The summed E-state index contributed by atoms with van der Waals surface area (Å²) in [6.07, 6.45) is 1.85. The van der Waals surface area contributed by atoms with Gasteiger partial charge in [-0.05, 0) is 29.5 Å². The van der Waals surface area contributed by atoms with E-state index in [-0.39, 0.29) is 0 Å². The summed E-state index contributed by atoms with van der Waals surface area (Å²) in [6, 6.07) is 18.7. The van der Waals surface area contributed by atoms with Crippen LogP contribution in [0.1, 0.15) is 11.1 Å². The van der Waals surface area contributed by atoms with Gasteiger partial charge in [-0.15, -0.1) is 0 Å². The Hall–Kier alpha value is -2.35. The zero-order valence-electron chi connectivity index (χ0n) is 10.9. The predicted octanol–water partition coefficient (Wildman–Crippen LogP) is 4.16. The number of aryl methyl sites for hydroxylation is 1.